The molecule has 0 bridgehead atoms. The average Bonchev–Trinajstić information content (AvgIpc) is 3.20. The number of anilines is 2. The molecule has 0 saturated carbocycles. The zero-order valence-electron chi connectivity index (χ0n) is 13.5. The number of hydrogen-bond acceptors (Lipinski definition) is 4. The van der Waals surface area contributed by atoms with E-state index < -0.39 is 23.6 Å². The summed E-state index contributed by atoms with van der Waals surface area (Å²) in [6, 6.07) is 3.67. The monoisotopic (exact) mass is 365 g/mol. The van der Waals surface area contributed by atoms with Gasteiger partial charge in [-0.3, -0.25) is 0 Å². The summed E-state index contributed by atoms with van der Waals surface area (Å²) in [6.07, 6.45) is -0.277. The molecule has 0 aliphatic carbocycles. The number of aromatic nitrogens is 3. The van der Waals surface area contributed by atoms with Crippen LogP contribution in [0.1, 0.15) is 30.0 Å². The Morgan fingerprint density at radius 1 is 1.19 bits per heavy atom. The lowest BCUT2D eigenvalue weighted by molar-refractivity contribution is -0.138. The molecule has 3 heterocycles. The first kappa shape index (κ1) is 16.6. The highest BCUT2D eigenvalue weighted by Gasteiger charge is 2.38. The van der Waals surface area contributed by atoms with Crippen LogP contribution >= 0.6 is 0 Å². The zero-order chi connectivity index (χ0) is 18.5. The topological polar surface area (TPSA) is 59.4 Å². The number of nitrogen functional groups attached to an aromatic ring is 1. The molecule has 136 valence electrons. The normalized spacial score (nSPS) is 18.0. The van der Waals surface area contributed by atoms with Gasteiger partial charge in [0, 0.05) is 12.7 Å². The largest absolute Gasteiger partial charge is 0.416 e. The van der Waals surface area contributed by atoms with Crippen LogP contribution in [0.25, 0.3) is 5.65 Å². The van der Waals surface area contributed by atoms with Gasteiger partial charge in [0.1, 0.15) is 11.6 Å². The first-order valence-corrected chi connectivity index (χ1v) is 8.08. The van der Waals surface area contributed by atoms with Gasteiger partial charge in [-0.2, -0.15) is 18.3 Å². The molecule has 4 rings (SSSR count). The highest BCUT2D eigenvalue weighted by atomic mass is 19.4. The molecule has 9 heteroatoms. The van der Waals surface area contributed by atoms with Crippen molar-refractivity contribution in [2.45, 2.75) is 25.1 Å². The maximum atomic E-state index is 13.7. The maximum Gasteiger partial charge on any atom is 0.416 e. The summed E-state index contributed by atoms with van der Waals surface area (Å²) in [6.45, 7) is 0.524. The highest BCUT2D eigenvalue weighted by molar-refractivity contribution is 5.65. The molecule has 1 aliphatic rings. The number of halogens is 4. The van der Waals surface area contributed by atoms with E-state index >= 15 is 0 Å². The summed E-state index contributed by atoms with van der Waals surface area (Å²) in [7, 11) is 0. The van der Waals surface area contributed by atoms with Crippen LogP contribution in [0.2, 0.25) is 0 Å². The highest BCUT2D eigenvalue weighted by Crippen LogP contribution is 2.42. The van der Waals surface area contributed by atoms with Crippen molar-refractivity contribution in [2.75, 3.05) is 17.2 Å². The molecule has 1 fully saturated rings. The molecule has 1 aromatic carbocycles. The number of nitrogens with two attached hydrogens (primary N) is 1. The SMILES string of the molecule is Nc1cnn2ccc(N3CCCC3c3cc(F)ccc3C(F)(F)F)nc12. The molecule has 1 unspecified atom stereocenters. The molecule has 0 radical (unpaired) electrons. The number of rotatable bonds is 2. The molecule has 0 spiro atoms. The molecule has 2 N–H and O–H groups in total. The van der Waals surface area contributed by atoms with Crippen LogP contribution in [-0.2, 0) is 6.18 Å². The fourth-order valence-corrected chi connectivity index (χ4v) is 3.47. The van der Waals surface area contributed by atoms with Gasteiger partial charge in [-0.15, -0.1) is 0 Å². The van der Waals surface area contributed by atoms with E-state index in [1.54, 1.807) is 17.2 Å². The van der Waals surface area contributed by atoms with Gasteiger partial charge in [0.15, 0.2) is 5.65 Å². The van der Waals surface area contributed by atoms with Gasteiger partial charge in [-0.25, -0.2) is 13.9 Å². The lowest BCUT2D eigenvalue weighted by Crippen LogP contribution is -2.26. The predicted octanol–water partition coefficient (Wildman–Crippen LogP) is 3.81. The lowest BCUT2D eigenvalue weighted by atomic mass is 9.97. The number of fused-ring (bicyclic) bond motifs is 1. The number of alkyl halides is 3. The van der Waals surface area contributed by atoms with Crippen LogP contribution in [0.3, 0.4) is 0 Å². The Morgan fingerprint density at radius 3 is 2.77 bits per heavy atom. The van der Waals surface area contributed by atoms with Crippen LogP contribution in [0.4, 0.5) is 29.1 Å². The molecular formula is C17H15F4N5. The Bertz CT molecular complexity index is 965. The molecule has 1 saturated heterocycles. The smallest absolute Gasteiger partial charge is 0.394 e. The number of benzene rings is 1. The van der Waals surface area contributed by atoms with E-state index in [1.165, 1.54) is 10.7 Å². The van der Waals surface area contributed by atoms with Gasteiger partial charge in [0.2, 0.25) is 0 Å². The standard InChI is InChI=1S/C17H15F4N5/c18-10-3-4-12(17(19,20)21)11(8-10)14-2-1-6-25(14)15-5-7-26-16(24-15)13(22)9-23-26/h3-5,7-9,14H,1-2,6,22H2. The summed E-state index contributed by atoms with van der Waals surface area (Å²) >= 11 is 0. The first-order valence-electron chi connectivity index (χ1n) is 8.08. The molecule has 0 amide bonds. The Kier molecular flexibility index (Phi) is 3.74. The van der Waals surface area contributed by atoms with Crippen molar-refractivity contribution in [3.63, 3.8) is 0 Å². The van der Waals surface area contributed by atoms with Gasteiger partial charge in [0.25, 0.3) is 0 Å². The van der Waals surface area contributed by atoms with Gasteiger partial charge in [0.05, 0.1) is 23.5 Å². The molecule has 2 aromatic heterocycles. The maximum absolute atomic E-state index is 13.7. The average molecular weight is 365 g/mol. The van der Waals surface area contributed by atoms with Gasteiger partial charge >= 0.3 is 6.18 Å². The van der Waals surface area contributed by atoms with Crippen molar-refractivity contribution in [1.82, 2.24) is 14.6 Å². The summed E-state index contributed by atoms with van der Waals surface area (Å²) in [5.74, 6) is -0.201. The van der Waals surface area contributed by atoms with E-state index in [9.17, 15) is 17.6 Å². The predicted molar refractivity (Wildman–Crippen MR) is 88.1 cm³/mol. The third-order valence-corrected chi connectivity index (χ3v) is 4.61. The van der Waals surface area contributed by atoms with Gasteiger partial charge < -0.3 is 10.6 Å². The van der Waals surface area contributed by atoms with E-state index in [0.29, 0.717) is 36.5 Å². The van der Waals surface area contributed by atoms with Crippen molar-refractivity contribution >= 4 is 17.2 Å². The van der Waals surface area contributed by atoms with E-state index in [2.05, 4.69) is 10.1 Å². The van der Waals surface area contributed by atoms with Crippen molar-refractivity contribution in [3.05, 3.63) is 53.6 Å². The molecule has 1 aliphatic heterocycles. The third kappa shape index (κ3) is 2.73. The van der Waals surface area contributed by atoms with Crippen molar-refractivity contribution < 1.29 is 17.6 Å². The quantitative estimate of drug-likeness (QED) is 0.702. The minimum atomic E-state index is -4.55. The fraction of sp³-hybridized carbons (Fsp3) is 0.294. The summed E-state index contributed by atoms with van der Waals surface area (Å²) < 4.78 is 55.4. The van der Waals surface area contributed by atoms with Crippen molar-refractivity contribution in [2.24, 2.45) is 0 Å². The first-order chi connectivity index (χ1) is 12.3. The van der Waals surface area contributed by atoms with Gasteiger partial charge in [-0.05, 0) is 42.7 Å². The molecule has 26 heavy (non-hydrogen) atoms. The summed E-state index contributed by atoms with van der Waals surface area (Å²) in [5, 5.41) is 4.03. The number of nitrogens with zero attached hydrogens (tertiary/aromatic N) is 4. The third-order valence-electron chi connectivity index (χ3n) is 4.61. The van der Waals surface area contributed by atoms with E-state index in [0.717, 1.165) is 18.2 Å². The van der Waals surface area contributed by atoms with Gasteiger partial charge in [-0.1, -0.05) is 0 Å². The summed E-state index contributed by atoms with van der Waals surface area (Å²) in [4.78, 5) is 6.19. The Hall–Kier alpha value is -2.84. The minimum absolute atomic E-state index is 0.0712. The van der Waals surface area contributed by atoms with Crippen molar-refractivity contribution in [3.8, 4) is 0 Å². The second-order valence-corrected chi connectivity index (χ2v) is 6.23. The number of hydrogen-bond donors (Lipinski definition) is 1. The Balaban J connectivity index is 1.79. The minimum Gasteiger partial charge on any atom is -0.394 e. The zero-order valence-corrected chi connectivity index (χ0v) is 13.5. The van der Waals surface area contributed by atoms with Crippen LogP contribution in [0.5, 0.6) is 0 Å². The van der Waals surface area contributed by atoms with Crippen molar-refractivity contribution in [1.29, 1.82) is 0 Å². The molecule has 1 atom stereocenters. The Labute approximate surface area is 146 Å². The molecule has 3 aromatic rings. The van der Waals surface area contributed by atoms with E-state index in [-0.39, 0.29) is 5.56 Å². The fourth-order valence-electron chi connectivity index (χ4n) is 3.47. The van der Waals surface area contributed by atoms with Crippen LogP contribution < -0.4 is 10.6 Å². The van der Waals surface area contributed by atoms with Crippen LogP contribution in [0.15, 0.2) is 36.7 Å². The van der Waals surface area contributed by atoms with E-state index in [4.69, 9.17) is 5.73 Å². The molecular weight excluding hydrogens is 350 g/mol. The Morgan fingerprint density at radius 2 is 2.00 bits per heavy atom. The second-order valence-electron chi connectivity index (χ2n) is 6.23. The lowest BCUT2D eigenvalue weighted by Gasteiger charge is -2.28. The van der Waals surface area contributed by atoms with Crippen LogP contribution in [0, 0.1) is 5.82 Å². The summed E-state index contributed by atoms with van der Waals surface area (Å²) in [5.41, 5.74) is 5.75. The molecule has 5 nitrogen and oxygen atoms in total. The van der Waals surface area contributed by atoms with E-state index in [1.807, 2.05) is 0 Å². The van der Waals surface area contributed by atoms with Crippen LogP contribution in [-0.4, -0.2) is 21.1 Å². The second kappa shape index (κ2) is 5.86.